The molecule has 0 aromatic heterocycles. The van der Waals surface area contributed by atoms with E-state index in [9.17, 15) is 10.2 Å². The molecule has 0 aliphatic carbocycles. The molecule has 0 unspecified atom stereocenters. The van der Waals surface area contributed by atoms with E-state index < -0.39 is 0 Å². The highest BCUT2D eigenvalue weighted by atomic mass is 16.6. The second kappa shape index (κ2) is 4.14. The summed E-state index contributed by atoms with van der Waals surface area (Å²) in [7, 11) is 0. The van der Waals surface area contributed by atoms with Crippen LogP contribution in [0.1, 0.15) is 0 Å². The van der Waals surface area contributed by atoms with Crippen molar-refractivity contribution in [3.05, 3.63) is 60.7 Å². The highest BCUT2D eigenvalue weighted by molar-refractivity contribution is 6.33. The second-order valence-corrected chi connectivity index (χ2v) is 6.46. The summed E-state index contributed by atoms with van der Waals surface area (Å²) in [6.07, 6.45) is 0. The van der Waals surface area contributed by atoms with Gasteiger partial charge in [-0.3, -0.25) is 0 Å². The van der Waals surface area contributed by atoms with Gasteiger partial charge in [0, 0.05) is 16.2 Å². The lowest BCUT2D eigenvalue weighted by molar-refractivity contribution is 0.403. The van der Waals surface area contributed by atoms with Gasteiger partial charge in [-0.2, -0.15) is 0 Å². The molecule has 5 aromatic carbocycles. The Morgan fingerprint density at radius 3 is 1.68 bits per heavy atom. The fraction of sp³-hybridized carbons (Fsp3) is 0. The summed E-state index contributed by atoms with van der Waals surface area (Å²) in [5, 5.41) is 28.7. The quantitative estimate of drug-likeness (QED) is 0.210. The first-order chi connectivity index (χ1) is 12.3. The summed E-state index contributed by atoms with van der Waals surface area (Å²) in [6.45, 7) is 0. The lowest BCUT2D eigenvalue weighted by Gasteiger charge is -2.12. The van der Waals surface area contributed by atoms with Crippen molar-refractivity contribution in [2.75, 3.05) is 0 Å². The summed E-state index contributed by atoms with van der Waals surface area (Å²) in [5.41, 5.74) is 0. The number of benzene rings is 5. The molecule has 25 heavy (non-hydrogen) atoms. The molecule has 0 saturated carbocycles. The SMILES string of the molecule is Oc1c2c(c3c(ccc4c5ccccc5c5ccccc5c43)c1O)O2. The monoisotopic (exact) mass is 324 g/mol. The van der Waals surface area contributed by atoms with E-state index in [4.69, 9.17) is 4.74 Å². The predicted molar refractivity (Wildman–Crippen MR) is 99.9 cm³/mol. The molecule has 5 aromatic rings. The van der Waals surface area contributed by atoms with Gasteiger partial charge in [-0.05, 0) is 33.0 Å². The molecule has 1 aliphatic rings. The van der Waals surface area contributed by atoms with E-state index in [0.29, 0.717) is 16.9 Å². The van der Waals surface area contributed by atoms with Crippen LogP contribution >= 0.6 is 0 Å². The zero-order valence-electron chi connectivity index (χ0n) is 13.1. The van der Waals surface area contributed by atoms with Gasteiger partial charge in [0.1, 0.15) is 0 Å². The van der Waals surface area contributed by atoms with Crippen molar-refractivity contribution >= 4 is 43.1 Å². The third-order valence-electron chi connectivity index (χ3n) is 5.20. The van der Waals surface area contributed by atoms with Crippen molar-refractivity contribution in [2.24, 2.45) is 0 Å². The van der Waals surface area contributed by atoms with E-state index in [1.54, 1.807) is 0 Å². The van der Waals surface area contributed by atoms with E-state index >= 15 is 0 Å². The van der Waals surface area contributed by atoms with Crippen molar-refractivity contribution in [3.8, 4) is 23.0 Å². The molecule has 0 bridgehead atoms. The van der Waals surface area contributed by atoms with Crippen LogP contribution in [0.3, 0.4) is 0 Å². The van der Waals surface area contributed by atoms with Gasteiger partial charge in [-0.15, -0.1) is 0 Å². The molecule has 3 nitrogen and oxygen atoms in total. The molecular formula is C22H12O3. The molecule has 0 radical (unpaired) electrons. The number of ether oxygens (including phenoxy) is 1. The van der Waals surface area contributed by atoms with Crippen LogP contribution in [0, 0.1) is 0 Å². The Balaban J connectivity index is 2.03. The molecule has 2 N–H and O–H groups in total. The smallest absolute Gasteiger partial charge is 0.216 e. The molecule has 6 rings (SSSR count). The van der Waals surface area contributed by atoms with E-state index in [1.165, 1.54) is 16.2 Å². The number of phenolic OH excluding ortho intramolecular Hbond substituents is 2. The molecule has 3 heteroatoms. The fourth-order valence-electron chi connectivity index (χ4n) is 4.06. The lowest BCUT2D eigenvalue weighted by Crippen LogP contribution is -1.84. The number of rotatable bonds is 0. The Hall–Kier alpha value is -3.46. The molecule has 0 spiro atoms. The van der Waals surface area contributed by atoms with Gasteiger partial charge in [0.25, 0.3) is 0 Å². The van der Waals surface area contributed by atoms with Crippen LogP contribution in [0.2, 0.25) is 0 Å². The third-order valence-corrected chi connectivity index (χ3v) is 5.20. The van der Waals surface area contributed by atoms with Crippen molar-refractivity contribution < 1.29 is 14.9 Å². The van der Waals surface area contributed by atoms with Crippen LogP contribution in [-0.4, -0.2) is 10.2 Å². The summed E-state index contributed by atoms with van der Waals surface area (Å²) in [5.74, 6) is 0.753. The molecule has 118 valence electrons. The maximum atomic E-state index is 10.4. The fourth-order valence-corrected chi connectivity index (χ4v) is 4.06. The Kier molecular flexibility index (Phi) is 2.13. The average Bonchev–Trinajstić information content (AvgIpc) is 3.46. The highest BCUT2D eigenvalue weighted by Crippen LogP contribution is 2.62. The number of fused-ring (bicyclic) bond motifs is 10. The predicted octanol–water partition coefficient (Wildman–Crippen LogP) is 5.82. The molecule has 0 fully saturated rings. The molecule has 0 atom stereocenters. The standard InChI is InChI=1S/C22H12O3/c23-19-16-10-9-15-13-7-2-1-5-11(13)12-6-3-4-8-14(12)17(15)18(16)21-22(25-21)20(19)24/h1-10,23-24H. The zero-order valence-corrected chi connectivity index (χ0v) is 13.1. The van der Waals surface area contributed by atoms with Crippen LogP contribution < -0.4 is 4.74 Å². The number of aromatic hydroxyl groups is 2. The van der Waals surface area contributed by atoms with E-state index in [2.05, 4.69) is 30.3 Å². The van der Waals surface area contributed by atoms with Crippen molar-refractivity contribution in [2.45, 2.75) is 0 Å². The third kappa shape index (κ3) is 1.46. The minimum atomic E-state index is -0.174. The maximum Gasteiger partial charge on any atom is 0.216 e. The number of hydrogen-bond donors (Lipinski definition) is 2. The first kappa shape index (κ1) is 12.9. The van der Waals surface area contributed by atoms with Gasteiger partial charge in [0.05, 0.1) is 0 Å². The van der Waals surface area contributed by atoms with E-state index in [0.717, 1.165) is 21.5 Å². The van der Waals surface area contributed by atoms with Crippen molar-refractivity contribution in [1.82, 2.24) is 0 Å². The first-order valence-corrected chi connectivity index (χ1v) is 8.17. The Morgan fingerprint density at radius 1 is 0.480 bits per heavy atom. The summed E-state index contributed by atoms with van der Waals surface area (Å²) in [4.78, 5) is 0. The van der Waals surface area contributed by atoms with Crippen LogP contribution in [-0.2, 0) is 0 Å². The summed E-state index contributed by atoms with van der Waals surface area (Å²) < 4.78 is 5.52. The number of phenols is 2. The Morgan fingerprint density at radius 2 is 1.00 bits per heavy atom. The molecule has 1 aliphatic heterocycles. The van der Waals surface area contributed by atoms with Gasteiger partial charge in [-0.25, -0.2) is 0 Å². The number of hydrogen-bond acceptors (Lipinski definition) is 3. The molecule has 0 amide bonds. The second-order valence-electron chi connectivity index (χ2n) is 6.46. The lowest BCUT2D eigenvalue weighted by atomic mass is 9.91. The zero-order chi connectivity index (χ0) is 16.7. The summed E-state index contributed by atoms with van der Waals surface area (Å²) >= 11 is 0. The summed E-state index contributed by atoms with van der Waals surface area (Å²) in [6, 6.07) is 20.5. The van der Waals surface area contributed by atoms with Gasteiger partial charge >= 0.3 is 0 Å². The minimum Gasteiger partial charge on any atom is -0.504 e. The topological polar surface area (TPSA) is 53.0 Å². The Labute approximate surface area is 142 Å². The molecular weight excluding hydrogens is 312 g/mol. The maximum absolute atomic E-state index is 10.4. The van der Waals surface area contributed by atoms with Gasteiger partial charge < -0.3 is 14.9 Å². The highest BCUT2D eigenvalue weighted by Gasteiger charge is 2.33. The Bertz CT molecular complexity index is 1350. The molecule has 0 saturated heterocycles. The van der Waals surface area contributed by atoms with E-state index in [1.807, 2.05) is 30.3 Å². The average molecular weight is 324 g/mol. The van der Waals surface area contributed by atoms with Crippen LogP contribution in [0.5, 0.6) is 23.0 Å². The minimum absolute atomic E-state index is 0.120. The van der Waals surface area contributed by atoms with Gasteiger partial charge in [0.2, 0.25) is 11.5 Å². The van der Waals surface area contributed by atoms with Crippen LogP contribution in [0.4, 0.5) is 0 Å². The molecule has 1 heterocycles. The van der Waals surface area contributed by atoms with E-state index in [-0.39, 0.29) is 11.5 Å². The van der Waals surface area contributed by atoms with Crippen molar-refractivity contribution in [3.63, 3.8) is 0 Å². The van der Waals surface area contributed by atoms with Gasteiger partial charge in [0.15, 0.2) is 11.5 Å². The largest absolute Gasteiger partial charge is 0.504 e. The van der Waals surface area contributed by atoms with Gasteiger partial charge in [-0.1, -0.05) is 54.6 Å². The first-order valence-electron chi connectivity index (χ1n) is 8.17. The van der Waals surface area contributed by atoms with Crippen LogP contribution in [0.15, 0.2) is 60.7 Å². The normalized spacial score (nSPS) is 12.6. The van der Waals surface area contributed by atoms with Crippen molar-refractivity contribution in [1.29, 1.82) is 0 Å². The van der Waals surface area contributed by atoms with Crippen LogP contribution in [0.25, 0.3) is 43.1 Å².